The summed E-state index contributed by atoms with van der Waals surface area (Å²) in [6.07, 6.45) is -2.80. The molecule has 0 saturated carbocycles. The Balaban J connectivity index is 2.39. The molecular formula is C24H33F3N2O2Si. The summed E-state index contributed by atoms with van der Waals surface area (Å²) in [5, 5.41) is 0. The van der Waals surface area contributed by atoms with Crippen LogP contribution in [0.1, 0.15) is 30.5 Å². The number of nitrogens with zero attached hydrogens (tertiary/aromatic N) is 2. The van der Waals surface area contributed by atoms with Gasteiger partial charge in [0, 0.05) is 13.6 Å². The zero-order valence-electron chi connectivity index (χ0n) is 20.1. The van der Waals surface area contributed by atoms with Gasteiger partial charge in [0.25, 0.3) is 0 Å². The first-order valence-electron chi connectivity index (χ1n) is 10.6. The molecule has 2 aromatic rings. The number of aliphatic imine (C=N–C) groups is 1. The highest BCUT2D eigenvalue weighted by atomic mass is 28.4. The highest BCUT2D eigenvalue weighted by Crippen LogP contribution is 2.45. The van der Waals surface area contributed by atoms with Gasteiger partial charge < -0.3 is 14.1 Å². The van der Waals surface area contributed by atoms with Crippen LogP contribution in [0.2, 0.25) is 19.6 Å². The first-order valence-corrected chi connectivity index (χ1v) is 14.0. The first kappa shape index (κ1) is 25.9. The van der Waals surface area contributed by atoms with E-state index >= 15 is 0 Å². The lowest BCUT2D eigenvalue weighted by Gasteiger charge is -2.38. The number of hydrogen-bond acceptors (Lipinski definition) is 3. The molecule has 0 spiro atoms. The van der Waals surface area contributed by atoms with Gasteiger partial charge in [-0.1, -0.05) is 12.1 Å². The molecule has 0 N–H and O–H groups in total. The lowest BCUT2D eigenvalue weighted by Crippen LogP contribution is -2.48. The molecule has 4 nitrogen and oxygen atoms in total. The third kappa shape index (κ3) is 6.35. The number of hydrogen-bond donors (Lipinski definition) is 0. The van der Waals surface area contributed by atoms with Crippen molar-refractivity contribution in [3.05, 3.63) is 53.1 Å². The zero-order valence-corrected chi connectivity index (χ0v) is 21.1. The van der Waals surface area contributed by atoms with Crippen LogP contribution < -0.4 is 4.74 Å². The van der Waals surface area contributed by atoms with Gasteiger partial charge in [-0.2, -0.15) is 13.2 Å². The van der Waals surface area contributed by atoms with Crippen molar-refractivity contribution in [2.24, 2.45) is 4.99 Å². The third-order valence-electron chi connectivity index (χ3n) is 5.05. The summed E-state index contributed by atoms with van der Waals surface area (Å²) in [5.74, 6) is 0.892. The predicted molar refractivity (Wildman–Crippen MR) is 127 cm³/mol. The van der Waals surface area contributed by atoms with Gasteiger partial charge in [-0.3, -0.25) is 0 Å². The molecule has 0 aliphatic heterocycles. The zero-order chi connectivity index (χ0) is 24.3. The van der Waals surface area contributed by atoms with E-state index in [-0.39, 0.29) is 5.56 Å². The fourth-order valence-corrected chi connectivity index (χ4v) is 4.60. The largest absolute Gasteiger partial charge is 0.457 e. The van der Waals surface area contributed by atoms with E-state index in [9.17, 15) is 13.2 Å². The molecule has 0 radical (unpaired) electrons. The number of aryl methyl sites for hydroxylation is 2. The molecule has 2 aromatic carbocycles. The number of alkyl halides is 3. The van der Waals surface area contributed by atoms with Crippen molar-refractivity contribution in [3.63, 3.8) is 0 Å². The molecule has 0 amide bonds. The second-order valence-corrected chi connectivity index (χ2v) is 13.5. The monoisotopic (exact) mass is 466 g/mol. The Morgan fingerprint density at radius 3 is 2.28 bits per heavy atom. The topological polar surface area (TPSA) is 34.1 Å². The van der Waals surface area contributed by atoms with Crippen molar-refractivity contribution >= 4 is 20.3 Å². The summed E-state index contributed by atoms with van der Waals surface area (Å²) in [7, 11) is -0.555. The third-order valence-corrected chi connectivity index (χ3v) is 6.07. The lowest BCUT2D eigenvalue weighted by molar-refractivity contribution is -0.250. The van der Waals surface area contributed by atoms with E-state index in [0.29, 0.717) is 11.5 Å². The molecule has 2 rings (SSSR count). The molecule has 176 valence electrons. The average molecular weight is 467 g/mol. The second-order valence-electron chi connectivity index (χ2n) is 9.10. The maximum Gasteiger partial charge on any atom is 0.420 e. The highest BCUT2D eigenvalue weighted by molar-refractivity contribution is 6.69. The Morgan fingerprint density at radius 1 is 1.06 bits per heavy atom. The molecule has 0 aliphatic rings. The van der Waals surface area contributed by atoms with E-state index in [0.717, 1.165) is 30.3 Å². The number of halogens is 3. The summed E-state index contributed by atoms with van der Waals surface area (Å²) in [6, 6.07) is 9.80. The fourth-order valence-electron chi connectivity index (χ4n) is 3.14. The maximum atomic E-state index is 14.0. The number of ether oxygens (including phenoxy) is 1. The van der Waals surface area contributed by atoms with Crippen LogP contribution in [0.4, 0.5) is 18.9 Å². The molecule has 8 heteroatoms. The van der Waals surface area contributed by atoms with Crippen molar-refractivity contribution in [3.8, 4) is 11.5 Å². The van der Waals surface area contributed by atoms with E-state index in [4.69, 9.17) is 9.16 Å². The van der Waals surface area contributed by atoms with E-state index < -0.39 is 20.1 Å². The summed E-state index contributed by atoms with van der Waals surface area (Å²) < 4.78 is 53.7. The van der Waals surface area contributed by atoms with Crippen LogP contribution in [-0.4, -0.2) is 39.3 Å². The minimum Gasteiger partial charge on any atom is -0.457 e. The molecule has 0 bridgehead atoms. The normalized spacial score (nSPS) is 14.5. The quantitative estimate of drug-likeness (QED) is 0.232. The minimum absolute atomic E-state index is 0.0168. The van der Waals surface area contributed by atoms with Crippen LogP contribution >= 0.6 is 0 Å². The van der Waals surface area contributed by atoms with Gasteiger partial charge in [0.1, 0.15) is 11.5 Å². The summed E-state index contributed by atoms with van der Waals surface area (Å²) in [6.45, 7) is 13.0. The van der Waals surface area contributed by atoms with Crippen molar-refractivity contribution in [1.29, 1.82) is 0 Å². The van der Waals surface area contributed by atoms with Crippen LogP contribution in [0.3, 0.4) is 0 Å². The van der Waals surface area contributed by atoms with Gasteiger partial charge in [-0.25, -0.2) is 4.99 Å². The van der Waals surface area contributed by atoms with E-state index in [1.165, 1.54) is 12.1 Å². The van der Waals surface area contributed by atoms with E-state index in [1.54, 1.807) is 38.1 Å². The highest BCUT2D eigenvalue weighted by Gasteiger charge is 2.55. The molecule has 1 unspecified atom stereocenters. The Morgan fingerprint density at radius 2 is 1.72 bits per heavy atom. The molecule has 0 saturated heterocycles. The molecule has 32 heavy (non-hydrogen) atoms. The van der Waals surface area contributed by atoms with Crippen LogP contribution in [0.5, 0.6) is 11.5 Å². The summed E-state index contributed by atoms with van der Waals surface area (Å²) in [4.78, 5) is 6.46. The van der Waals surface area contributed by atoms with Gasteiger partial charge >= 0.3 is 6.18 Å². The number of benzene rings is 2. The van der Waals surface area contributed by atoms with E-state index in [1.807, 2.05) is 44.9 Å². The minimum atomic E-state index is -4.57. The maximum absolute atomic E-state index is 14.0. The smallest absolute Gasteiger partial charge is 0.420 e. The molecule has 0 heterocycles. The predicted octanol–water partition coefficient (Wildman–Crippen LogP) is 7.34. The first-order chi connectivity index (χ1) is 14.7. The molecule has 0 aliphatic carbocycles. The van der Waals surface area contributed by atoms with Crippen LogP contribution in [0, 0.1) is 13.8 Å². The fraction of sp³-hybridized carbons (Fsp3) is 0.458. The molecular weight excluding hydrogens is 433 g/mol. The van der Waals surface area contributed by atoms with Crippen LogP contribution in [0.15, 0.2) is 41.4 Å². The number of rotatable bonds is 8. The van der Waals surface area contributed by atoms with Crippen molar-refractivity contribution in [1.82, 2.24) is 4.90 Å². The van der Waals surface area contributed by atoms with Crippen LogP contribution in [-0.2, 0) is 10.0 Å². The Kier molecular flexibility index (Phi) is 7.83. The van der Waals surface area contributed by atoms with Crippen molar-refractivity contribution < 1.29 is 22.3 Å². The van der Waals surface area contributed by atoms with Gasteiger partial charge in [-0.05, 0) is 88.3 Å². The SMILES string of the molecule is CCN(C)C=Nc1cc(C)c(Oc2cccc(C(C)(O[Si](C)(C)C)C(F)(F)F)c2)cc1C. The van der Waals surface area contributed by atoms with Crippen molar-refractivity contribution in [2.75, 3.05) is 13.6 Å². The van der Waals surface area contributed by atoms with Crippen molar-refractivity contribution in [2.45, 2.75) is 59.1 Å². The Bertz CT molecular complexity index is 971. The second kappa shape index (κ2) is 9.66. The molecule has 0 aromatic heterocycles. The molecule has 0 fully saturated rings. The van der Waals surface area contributed by atoms with Gasteiger partial charge in [-0.15, -0.1) is 0 Å². The summed E-state index contributed by atoms with van der Waals surface area (Å²) >= 11 is 0. The Labute approximate surface area is 190 Å². The van der Waals surface area contributed by atoms with E-state index in [2.05, 4.69) is 4.99 Å². The van der Waals surface area contributed by atoms with Gasteiger partial charge in [0.2, 0.25) is 0 Å². The molecule has 1 atom stereocenters. The van der Waals surface area contributed by atoms with Crippen LogP contribution in [0.25, 0.3) is 0 Å². The standard InChI is InChI=1S/C24H33F3N2O2Si/c1-9-29(5)16-28-21-13-18(3)22(14-17(21)2)30-20-12-10-11-19(15-20)23(4,24(25,26)27)31-32(6,7)8/h10-16H,9H2,1-8H3. The van der Waals surface area contributed by atoms with Gasteiger partial charge in [0.05, 0.1) is 12.0 Å². The Hall–Kier alpha value is -2.32. The van der Waals surface area contributed by atoms with Gasteiger partial charge in [0.15, 0.2) is 13.9 Å². The average Bonchev–Trinajstić information content (AvgIpc) is 2.67. The lowest BCUT2D eigenvalue weighted by atomic mass is 9.95. The summed E-state index contributed by atoms with van der Waals surface area (Å²) in [5.41, 5.74) is 0.167.